The largest absolute Gasteiger partial charge is 0.352 e. The summed E-state index contributed by atoms with van der Waals surface area (Å²) in [5.41, 5.74) is 0. The van der Waals surface area contributed by atoms with Crippen molar-refractivity contribution in [2.75, 3.05) is 0 Å². The van der Waals surface area contributed by atoms with E-state index in [4.69, 9.17) is 0 Å². The first kappa shape index (κ1) is 9.56. The van der Waals surface area contributed by atoms with Crippen LogP contribution in [0.3, 0.4) is 0 Å². The topological polar surface area (TPSA) is 29.1 Å². The summed E-state index contributed by atoms with van der Waals surface area (Å²) in [7, 11) is 0. The molecule has 0 aromatic heterocycles. The molecule has 1 fully saturated rings. The molecule has 0 spiro atoms. The van der Waals surface area contributed by atoms with Gasteiger partial charge in [0.25, 0.3) is 0 Å². The number of rotatable bonds is 5. The molecule has 0 aliphatic carbocycles. The molecule has 0 aromatic carbocycles. The number of β-lactam (4-membered cyclic amide) rings is 1. The fraction of sp³-hybridized carbons (Fsp3) is 0.900. The third-order valence-electron chi connectivity index (χ3n) is 2.62. The lowest BCUT2D eigenvalue weighted by atomic mass is 9.83. The van der Waals surface area contributed by atoms with Gasteiger partial charge in [-0.1, -0.05) is 33.1 Å². The van der Waals surface area contributed by atoms with Crippen LogP contribution in [0, 0.1) is 5.92 Å². The second-order valence-electron chi connectivity index (χ2n) is 3.65. The van der Waals surface area contributed by atoms with Gasteiger partial charge < -0.3 is 5.32 Å². The van der Waals surface area contributed by atoms with E-state index < -0.39 is 0 Å². The van der Waals surface area contributed by atoms with Crippen molar-refractivity contribution in [1.29, 1.82) is 0 Å². The molecule has 2 atom stereocenters. The maximum absolute atomic E-state index is 11.1. The fourth-order valence-corrected chi connectivity index (χ4v) is 1.82. The Morgan fingerprint density at radius 2 is 2.00 bits per heavy atom. The van der Waals surface area contributed by atoms with E-state index in [0.29, 0.717) is 12.0 Å². The van der Waals surface area contributed by atoms with E-state index in [1.807, 2.05) is 0 Å². The van der Waals surface area contributed by atoms with Gasteiger partial charge in [-0.05, 0) is 12.8 Å². The average molecular weight is 169 g/mol. The molecule has 2 heteroatoms. The Balaban J connectivity index is 2.24. The van der Waals surface area contributed by atoms with Gasteiger partial charge in [0.05, 0.1) is 5.92 Å². The summed E-state index contributed by atoms with van der Waals surface area (Å²) in [6.07, 6.45) is 5.81. The molecule has 2 nitrogen and oxygen atoms in total. The van der Waals surface area contributed by atoms with Crippen LogP contribution in [0.15, 0.2) is 0 Å². The number of unbranched alkanes of at least 4 members (excludes halogenated alkanes) is 1. The summed E-state index contributed by atoms with van der Waals surface area (Å²) in [5.74, 6) is 0.617. The molecule has 70 valence electrons. The van der Waals surface area contributed by atoms with Gasteiger partial charge in [0.15, 0.2) is 0 Å². The highest BCUT2D eigenvalue weighted by Gasteiger charge is 2.37. The minimum atomic E-state index is 0.280. The van der Waals surface area contributed by atoms with E-state index in [9.17, 15) is 4.79 Å². The summed E-state index contributed by atoms with van der Waals surface area (Å²) in [6.45, 7) is 4.34. The van der Waals surface area contributed by atoms with Crippen LogP contribution in [0.5, 0.6) is 0 Å². The molecule has 1 amide bonds. The Labute approximate surface area is 74.7 Å². The Kier molecular flexibility index (Phi) is 3.57. The summed E-state index contributed by atoms with van der Waals surface area (Å²) in [6, 6.07) is 0.494. The summed E-state index contributed by atoms with van der Waals surface area (Å²) in [4.78, 5) is 11.1. The molecule has 1 rings (SSSR count). The maximum atomic E-state index is 11.1. The van der Waals surface area contributed by atoms with E-state index in [2.05, 4.69) is 19.2 Å². The zero-order valence-corrected chi connectivity index (χ0v) is 8.10. The first-order chi connectivity index (χ1) is 5.79. The van der Waals surface area contributed by atoms with Gasteiger partial charge in [-0.25, -0.2) is 0 Å². The van der Waals surface area contributed by atoms with Crippen molar-refractivity contribution < 1.29 is 4.79 Å². The lowest BCUT2D eigenvalue weighted by Gasteiger charge is -2.36. The molecule has 0 saturated carbocycles. The summed E-state index contributed by atoms with van der Waals surface area (Å²) in [5, 5.41) is 2.96. The molecule has 1 aliphatic rings. The van der Waals surface area contributed by atoms with Crippen LogP contribution in [0.25, 0.3) is 0 Å². The minimum Gasteiger partial charge on any atom is -0.352 e. The molecule has 12 heavy (non-hydrogen) atoms. The smallest absolute Gasteiger partial charge is 0.225 e. The highest BCUT2D eigenvalue weighted by molar-refractivity contribution is 5.85. The van der Waals surface area contributed by atoms with Crippen LogP contribution in [-0.4, -0.2) is 11.9 Å². The number of carbonyl (C=O) groups is 1. The molecular weight excluding hydrogens is 150 g/mol. The highest BCUT2D eigenvalue weighted by Crippen LogP contribution is 2.24. The predicted molar refractivity (Wildman–Crippen MR) is 49.9 cm³/mol. The van der Waals surface area contributed by atoms with E-state index in [0.717, 1.165) is 12.8 Å². The number of nitrogens with one attached hydrogen (secondary N) is 1. The molecule has 1 saturated heterocycles. The lowest BCUT2D eigenvalue weighted by molar-refractivity contribution is -0.135. The first-order valence-corrected chi connectivity index (χ1v) is 5.10. The quantitative estimate of drug-likeness (QED) is 0.627. The Hall–Kier alpha value is -0.530. The molecule has 1 heterocycles. The standard InChI is InChI=1S/C10H19NO/c1-3-5-7-8-9(6-4-2)11-10(8)12/h8-9H,3-7H2,1-2H3,(H,11,12). The average Bonchev–Trinajstić information content (AvgIpc) is 2.05. The zero-order chi connectivity index (χ0) is 8.97. The predicted octanol–water partition coefficient (Wildman–Crippen LogP) is 2.09. The molecule has 0 bridgehead atoms. The zero-order valence-electron chi connectivity index (χ0n) is 8.10. The summed E-state index contributed by atoms with van der Waals surface area (Å²) < 4.78 is 0. The van der Waals surface area contributed by atoms with Crippen LogP contribution in [0.4, 0.5) is 0 Å². The van der Waals surface area contributed by atoms with Gasteiger partial charge in [-0.3, -0.25) is 4.79 Å². The monoisotopic (exact) mass is 169 g/mol. The second-order valence-corrected chi connectivity index (χ2v) is 3.65. The van der Waals surface area contributed by atoms with E-state index in [-0.39, 0.29) is 5.91 Å². The van der Waals surface area contributed by atoms with Gasteiger partial charge in [0.1, 0.15) is 0 Å². The van der Waals surface area contributed by atoms with Gasteiger partial charge in [0.2, 0.25) is 5.91 Å². The number of hydrogen-bond acceptors (Lipinski definition) is 1. The second kappa shape index (κ2) is 4.48. The van der Waals surface area contributed by atoms with E-state index >= 15 is 0 Å². The van der Waals surface area contributed by atoms with Crippen molar-refractivity contribution in [1.82, 2.24) is 5.32 Å². The van der Waals surface area contributed by atoms with E-state index in [1.54, 1.807) is 0 Å². The van der Waals surface area contributed by atoms with Gasteiger partial charge >= 0.3 is 0 Å². The fourth-order valence-electron chi connectivity index (χ4n) is 1.82. The third-order valence-corrected chi connectivity index (χ3v) is 2.62. The number of hydrogen-bond donors (Lipinski definition) is 1. The molecule has 1 aliphatic heterocycles. The molecule has 1 N–H and O–H groups in total. The van der Waals surface area contributed by atoms with Crippen molar-refractivity contribution in [3.8, 4) is 0 Å². The van der Waals surface area contributed by atoms with Crippen LogP contribution >= 0.6 is 0 Å². The van der Waals surface area contributed by atoms with Crippen molar-refractivity contribution in [2.45, 2.75) is 52.0 Å². The molecular formula is C10H19NO. The summed E-state index contributed by atoms with van der Waals surface area (Å²) >= 11 is 0. The van der Waals surface area contributed by atoms with Gasteiger partial charge in [0, 0.05) is 6.04 Å². The van der Waals surface area contributed by atoms with Crippen LogP contribution < -0.4 is 5.32 Å². The SMILES string of the molecule is CCCCC1C(=O)NC1CCC. The number of amides is 1. The minimum absolute atomic E-state index is 0.280. The molecule has 2 unspecified atom stereocenters. The molecule has 0 aromatic rings. The molecule has 0 radical (unpaired) electrons. The highest BCUT2D eigenvalue weighted by atomic mass is 16.2. The van der Waals surface area contributed by atoms with Crippen LogP contribution in [-0.2, 0) is 4.79 Å². The third kappa shape index (κ3) is 1.99. The Bertz CT molecular complexity index is 156. The lowest BCUT2D eigenvalue weighted by Crippen LogP contribution is -2.57. The maximum Gasteiger partial charge on any atom is 0.225 e. The van der Waals surface area contributed by atoms with Crippen molar-refractivity contribution in [3.63, 3.8) is 0 Å². The van der Waals surface area contributed by atoms with Crippen LogP contribution in [0.2, 0.25) is 0 Å². The van der Waals surface area contributed by atoms with E-state index in [1.165, 1.54) is 19.3 Å². The van der Waals surface area contributed by atoms with Crippen molar-refractivity contribution >= 4 is 5.91 Å². The normalized spacial score (nSPS) is 28.0. The Morgan fingerprint density at radius 1 is 1.25 bits per heavy atom. The van der Waals surface area contributed by atoms with Gasteiger partial charge in [-0.15, -0.1) is 0 Å². The first-order valence-electron chi connectivity index (χ1n) is 5.10. The van der Waals surface area contributed by atoms with Crippen LogP contribution in [0.1, 0.15) is 46.0 Å². The van der Waals surface area contributed by atoms with Crippen molar-refractivity contribution in [2.24, 2.45) is 5.92 Å². The number of carbonyl (C=O) groups excluding carboxylic acids is 1. The Morgan fingerprint density at radius 3 is 2.50 bits per heavy atom. The van der Waals surface area contributed by atoms with Crippen molar-refractivity contribution in [3.05, 3.63) is 0 Å². The van der Waals surface area contributed by atoms with Gasteiger partial charge in [-0.2, -0.15) is 0 Å².